The maximum Gasteiger partial charge on any atom is 0.266 e. The zero-order valence-corrected chi connectivity index (χ0v) is 13.1. The van der Waals surface area contributed by atoms with Gasteiger partial charge in [0.25, 0.3) is 5.91 Å². The van der Waals surface area contributed by atoms with Gasteiger partial charge >= 0.3 is 0 Å². The number of hydrogen-bond acceptors (Lipinski definition) is 3. The molecule has 24 heavy (non-hydrogen) atoms. The van der Waals surface area contributed by atoms with Crippen LogP contribution in [0.2, 0.25) is 0 Å². The van der Waals surface area contributed by atoms with Crippen LogP contribution in [0.4, 0.5) is 10.1 Å². The standard InChI is InChI=1S/C18H17FN2O3/c1-11(12-6-8-13(19)9-7-12)20-17(22)10-16-18(23)21-14-4-2-3-5-15(14)24-16/h2-9,11,16H,10H2,1H3,(H,20,22)(H,21,23)/t11-,16+/m0/s1. The van der Waals surface area contributed by atoms with Crippen molar-refractivity contribution in [2.45, 2.75) is 25.5 Å². The molecule has 0 spiro atoms. The summed E-state index contributed by atoms with van der Waals surface area (Å²) in [6.07, 6.45) is -0.966. The van der Waals surface area contributed by atoms with Crippen molar-refractivity contribution < 1.29 is 18.7 Å². The summed E-state index contributed by atoms with van der Waals surface area (Å²) in [5, 5.41) is 5.51. The Hall–Kier alpha value is -2.89. The normalized spacial score (nSPS) is 17.2. The van der Waals surface area contributed by atoms with Gasteiger partial charge < -0.3 is 15.4 Å². The minimum absolute atomic E-state index is 0.0916. The molecule has 1 heterocycles. The number of fused-ring (bicyclic) bond motifs is 1. The van der Waals surface area contributed by atoms with Crippen LogP contribution in [0, 0.1) is 5.82 Å². The summed E-state index contributed by atoms with van der Waals surface area (Å²) >= 11 is 0. The maximum absolute atomic E-state index is 12.9. The second kappa shape index (κ2) is 6.70. The van der Waals surface area contributed by atoms with Gasteiger partial charge in [-0.15, -0.1) is 0 Å². The van der Waals surface area contributed by atoms with E-state index in [1.807, 2.05) is 0 Å². The molecule has 0 saturated heterocycles. The van der Waals surface area contributed by atoms with Crippen LogP contribution >= 0.6 is 0 Å². The van der Waals surface area contributed by atoms with E-state index in [9.17, 15) is 14.0 Å². The summed E-state index contributed by atoms with van der Waals surface area (Å²) in [6, 6.07) is 12.7. The van der Waals surface area contributed by atoms with Crippen LogP contribution < -0.4 is 15.4 Å². The average molecular weight is 328 g/mol. The van der Waals surface area contributed by atoms with Gasteiger partial charge in [-0.1, -0.05) is 24.3 Å². The highest BCUT2D eigenvalue weighted by atomic mass is 19.1. The molecule has 0 unspecified atom stereocenters. The third-order valence-corrected chi connectivity index (χ3v) is 3.82. The molecule has 1 aliphatic heterocycles. The molecular weight excluding hydrogens is 311 g/mol. The van der Waals surface area contributed by atoms with E-state index in [4.69, 9.17) is 4.74 Å². The third kappa shape index (κ3) is 3.53. The largest absolute Gasteiger partial charge is 0.478 e. The second-order valence-electron chi connectivity index (χ2n) is 5.64. The van der Waals surface area contributed by atoms with Gasteiger partial charge in [0, 0.05) is 0 Å². The summed E-state index contributed by atoms with van der Waals surface area (Å²) in [7, 11) is 0. The van der Waals surface area contributed by atoms with Gasteiger partial charge in [0.2, 0.25) is 5.91 Å². The lowest BCUT2D eigenvalue weighted by Gasteiger charge is -2.25. The Morgan fingerprint density at radius 1 is 1.25 bits per heavy atom. The smallest absolute Gasteiger partial charge is 0.266 e. The number of para-hydroxylation sites is 2. The van der Waals surface area contributed by atoms with E-state index in [-0.39, 0.29) is 30.1 Å². The molecule has 3 rings (SSSR count). The van der Waals surface area contributed by atoms with Crippen molar-refractivity contribution in [1.29, 1.82) is 0 Å². The number of amides is 2. The first kappa shape index (κ1) is 16.0. The number of halogens is 1. The summed E-state index contributed by atoms with van der Waals surface area (Å²) in [5.41, 5.74) is 1.38. The van der Waals surface area contributed by atoms with Gasteiger partial charge in [0.05, 0.1) is 18.2 Å². The van der Waals surface area contributed by atoms with Gasteiger partial charge in [-0.2, -0.15) is 0 Å². The molecule has 0 aromatic heterocycles. The lowest BCUT2D eigenvalue weighted by Crippen LogP contribution is -2.41. The lowest BCUT2D eigenvalue weighted by atomic mass is 10.1. The summed E-state index contributed by atoms with van der Waals surface area (Å²) in [5.74, 6) is -0.450. The van der Waals surface area contributed by atoms with Crippen LogP contribution in [0.15, 0.2) is 48.5 Å². The molecule has 0 fully saturated rings. The van der Waals surface area contributed by atoms with Crippen molar-refractivity contribution in [2.75, 3.05) is 5.32 Å². The van der Waals surface area contributed by atoms with Gasteiger partial charge in [0.1, 0.15) is 11.6 Å². The molecule has 124 valence electrons. The minimum atomic E-state index is -0.875. The number of benzene rings is 2. The predicted octanol–water partition coefficient (Wildman–Crippen LogP) is 2.79. The van der Waals surface area contributed by atoms with Gasteiger partial charge in [-0.25, -0.2) is 4.39 Å². The predicted molar refractivity (Wildman–Crippen MR) is 87.1 cm³/mol. The van der Waals surface area contributed by atoms with Crippen LogP contribution in [0.3, 0.4) is 0 Å². The average Bonchev–Trinajstić information content (AvgIpc) is 2.56. The highest BCUT2D eigenvalue weighted by Gasteiger charge is 2.29. The highest BCUT2D eigenvalue weighted by Crippen LogP contribution is 2.29. The molecule has 5 nitrogen and oxygen atoms in total. The second-order valence-corrected chi connectivity index (χ2v) is 5.64. The molecule has 0 aliphatic carbocycles. The quantitative estimate of drug-likeness (QED) is 0.907. The Kier molecular flexibility index (Phi) is 4.46. The number of carbonyl (C=O) groups is 2. The topological polar surface area (TPSA) is 67.4 Å². The minimum Gasteiger partial charge on any atom is -0.478 e. The lowest BCUT2D eigenvalue weighted by molar-refractivity contribution is -0.130. The molecule has 6 heteroatoms. The molecule has 0 saturated carbocycles. The van der Waals surface area contributed by atoms with E-state index in [0.29, 0.717) is 11.4 Å². The fourth-order valence-electron chi connectivity index (χ4n) is 2.53. The number of rotatable bonds is 4. The van der Waals surface area contributed by atoms with Gasteiger partial charge in [-0.3, -0.25) is 9.59 Å². The van der Waals surface area contributed by atoms with Gasteiger partial charge in [-0.05, 0) is 36.8 Å². The zero-order chi connectivity index (χ0) is 17.1. The Bertz CT molecular complexity index is 761. The summed E-state index contributed by atoms with van der Waals surface area (Å²) in [4.78, 5) is 24.2. The third-order valence-electron chi connectivity index (χ3n) is 3.82. The fourth-order valence-corrected chi connectivity index (χ4v) is 2.53. The Morgan fingerprint density at radius 3 is 2.71 bits per heavy atom. The fraction of sp³-hybridized carbons (Fsp3) is 0.222. The highest BCUT2D eigenvalue weighted by molar-refractivity contribution is 5.99. The Labute approximate surface area is 138 Å². The van der Waals surface area contributed by atoms with Gasteiger partial charge in [0.15, 0.2) is 6.10 Å². The Balaban J connectivity index is 1.61. The molecule has 0 radical (unpaired) electrons. The molecule has 2 amide bonds. The number of ether oxygens (including phenoxy) is 1. The first-order valence-electron chi connectivity index (χ1n) is 7.64. The van der Waals surface area contributed by atoms with Crippen molar-refractivity contribution in [2.24, 2.45) is 0 Å². The molecule has 1 aliphatic rings. The van der Waals surface area contributed by atoms with Crippen molar-refractivity contribution in [3.8, 4) is 5.75 Å². The van der Waals surface area contributed by atoms with Crippen LogP contribution in [0.5, 0.6) is 5.75 Å². The van der Waals surface area contributed by atoms with Crippen LogP contribution in [-0.4, -0.2) is 17.9 Å². The van der Waals surface area contributed by atoms with Crippen molar-refractivity contribution >= 4 is 17.5 Å². The number of hydrogen-bond donors (Lipinski definition) is 2. The summed E-state index contributed by atoms with van der Waals surface area (Å²) < 4.78 is 18.5. The number of carbonyl (C=O) groups excluding carboxylic acids is 2. The zero-order valence-electron chi connectivity index (χ0n) is 13.1. The van der Waals surface area contributed by atoms with Crippen molar-refractivity contribution in [3.63, 3.8) is 0 Å². The first-order valence-corrected chi connectivity index (χ1v) is 7.64. The molecule has 0 bridgehead atoms. The van der Waals surface area contributed by atoms with E-state index in [1.165, 1.54) is 12.1 Å². The van der Waals surface area contributed by atoms with E-state index < -0.39 is 6.10 Å². The van der Waals surface area contributed by atoms with Crippen molar-refractivity contribution in [1.82, 2.24) is 5.32 Å². The van der Waals surface area contributed by atoms with E-state index in [0.717, 1.165) is 5.56 Å². The van der Waals surface area contributed by atoms with Crippen LogP contribution in [-0.2, 0) is 9.59 Å². The van der Waals surface area contributed by atoms with Crippen molar-refractivity contribution in [3.05, 3.63) is 59.9 Å². The van der Waals surface area contributed by atoms with Crippen LogP contribution in [0.25, 0.3) is 0 Å². The van der Waals surface area contributed by atoms with E-state index >= 15 is 0 Å². The molecule has 2 N–H and O–H groups in total. The molecule has 2 aromatic rings. The Morgan fingerprint density at radius 2 is 1.96 bits per heavy atom. The molecule has 2 atom stereocenters. The van der Waals surface area contributed by atoms with Crippen LogP contribution in [0.1, 0.15) is 24.9 Å². The summed E-state index contributed by atoms with van der Waals surface area (Å²) in [6.45, 7) is 1.79. The number of anilines is 1. The SMILES string of the molecule is C[C@H](NC(=O)C[C@H]1Oc2ccccc2NC1=O)c1ccc(F)cc1. The maximum atomic E-state index is 12.9. The van der Waals surface area contributed by atoms with E-state index in [2.05, 4.69) is 10.6 Å². The molecule has 2 aromatic carbocycles. The first-order chi connectivity index (χ1) is 11.5. The number of nitrogens with one attached hydrogen (secondary N) is 2. The van der Waals surface area contributed by atoms with E-state index in [1.54, 1.807) is 43.3 Å². The molecular formula is C18H17FN2O3. The monoisotopic (exact) mass is 328 g/mol.